The van der Waals surface area contributed by atoms with E-state index < -0.39 is 0 Å². The average Bonchev–Trinajstić information content (AvgIpc) is 1.72. The summed E-state index contributed by atoms with van der Waals surface area (Å²) in [5.74, 6) is 0. The number of rotatable bonds is 1. The van der Waals surface area contributed by atoms with E-state index >= 15 is 0 Å². The van der Waals surface area contributed by atoms with Crippen LogP contribution in [0.2, 0.25) is 0 Å². The molecule has 3 nitrogen and oxygen atoms in total. The Morgan fingerprint density at radius 3 is 2.00 bits per heavy atom. The Balaban J connectivity index is 0. The molecule has 0 aliphatic heterocycles. The van der Waals surface area contributed by atoms with Crippen LogP contribution in [-0.2, 0) is 28.5 Å². The fourth-order valence-corrected chi connectivity index (χ4v) is 0. The fourth-order valence-electron chi connectivity index (χ4n) is 0. The summed E-state index contributed by atoms with van der Waals surface area (Å²) in [4.78, 5) is 0. The van der Waals surface area contributed by atoms with Crippen molar-refractivity contribution >= 4 is 0 Å². The van der Waals surface area contributed by atoms with Gasteiger partial charge in [0.15, 0.2) is 0 Å². The first-order chi connectivity index (χ1) is 2.91. The van der Waals surface area contributed by atoms with Crippen LogP contribution in [0.25, 0.3) is 5.48 Å². The second-order valence-electron chi connectivity index (χ2n) is 0.365. The van der Waals surface area contributed by atoms with Crippen molar-refractivity contribution in [3.05, 3.63) is 12.4 Å². The van der Waals surface area contributed by atoms with Gasteiger partial charge >= 0.3 is 28.5 Å². The Morgan fingerprint density at radius 1 is 1.83 bits per heavy atom. The number of nitrogens with zero attached hydrogens (tertiary/aromatic N) is 1. The monoisotopic (exact) mass is 189 g/mol. The molecule has 0 saturated carbocycles. The molecule has 0 aromatic rings. The predicted octanol–water partition coefficient (Wildman–Crippen LogP) is 0.462. The minimum absolute atomic E-state index is 0.1000. The zero-order chi connectivity index (χ0) is 5.41. The van der Waals surface area contributed by atoms with E-state index in [9.17, 15) is 0 Å². The van der Waals surface area contributed by atoms with Crippen molar-refractivity contribution in [1.82, 2.24) is 0 Å². The van der Waals surface area contributed by atoms with Gasteiger partial charge in [0, 0.05) is 0 Å². The van der Waals surface area contributed by atoms with Gasteiger partial charge in [-0.3, -0.25) is 6.54 Å². The molecule has 0 atom stereocenters. The topological polar surface area (TPSA) is 51.4 Å². The average molecular weight is 187 g/mol. The Kier molecular flexibility index (Phi) is 28.5. The zero-order valence-corrected chi connectivity index (χ0v) is 7.46. The van der Waals surface area contributed by atoms with Crippen LogP contribution in [0.4, 0.5) is 0 Å². The summed E-state index contributed by atoms with van der Waals surface area (Å²) in [6.07, 6.45) is 0. The van der Waals surface area contributed by atoms with Crippen LogP contribution in [0.15, 0.2) is 0 Å². The molecule has 0 unspecified atom stereocenters. The van der Waals surface area contributed by atoms with Gasteiger partial charge in [-0.2, -0.15) is 0 Å². The van der Waals surface area contributed by atoms with E-state index in [0.717, 1.165) is 0 Å². The van der Waals surface area contributed by atoms with Gasteiger partial charge in [0.05, 0.1) is 0 Å². The fraction of sp³-hybridized carbons (Fsp3) is 0.500. The Labute approximate surface area is 52.9 Å². The van der Waals surface area contributed by atoms with E-state index in [1.807, 2.05) is 0 Å². The van der Waals surface area contributed by atoms with Crippen molar-refractivity contribution in [2.45, 2.75) is 0 Å². The van der Waals surface area contributed by atoms with Crippen molar-refractivity contribution in [3.63, 3.8) is 0 Å². The number of hydrogen-bond acceptors (Lipinski definition) is 2. The summed E-state index contributed by atoms with van der Waals surface area (Å²) in [6.45, 7) is 3.44. The molecule has 34 valence electrons. The summed E-state index contributed by atoms with van der Waals surface area (Å²) in [7, 11) is 0. The third-order valence-electron chi connectivity index (χ3n) is 0.1000. The molecule has 0 rings (SSSR count). The van der Waals surface area contributed by atoms with Gasteiger partial charge in [0.1, 0.15) is 0 Å². The molecule has 0 saturated heterocycles. The second-order valence-corrected chi connectivity index (χ2v) is 0.365. The van der Waals surface area contributed by atoms with Crippen LogP contribution in [0, 0.1) is 6.92 Å². The summed E-state index contributed by atoms with van der Waals surface area (Å²) >= 11 is -0.1000. The molecule has 0 heterocycles. The third kappa shape index (κ3) is 22.8. The standard InChI is InChI=1S/C2H5NO.Cd.O/c1-2-3-4;;/h4H,1-2H2;;/q-2;;. The molecule has 0 fully saturated rings. The maximum absolute atomic E-state index is 8.42. The molecule has 0 aromatic carbocycles. The van der Waals surface area contributed by atoms with Crippen molar-refractivity contribution in [1.29, 1.82) is 0 Å². The van der Waals surface area contributed by atoms with Crippen LogP contribution in [0.5, 0.6) is 0 Å². The summed E-state index contributed by atoms with van der Waals surface area (Å²) in [6, 6.07) is 0. The second kappa shape index (κ2) is 17.4. The first-order valence-corrected chi connectivity index (χ1v) is 2.95. The molecular weight excluding hydrogens is 182 g/mol. The van der Waals surface area contributed by atoms with Crippen molar-refractivity contribution < 1.29 is 33.7 Å². The van der Waals surface area contributed by atoms with Crippen molar-refractivity contribution in [2.75, 3.05) is 6.54 Å². The molecule has 0 aliphatic rings. The van der Waals surface area contributed by atoms with Crippen LogP contribution in [-0.4, -0.2) is 11.8 Å². The zero-order valence-electron chi connectivity index (χ0n) is 3.42. The first kappa shape index (κ1) is 9.81. The Morgan fingerprint density at radius 2 is 2.00 bits per heavy atom. The number of hydrogen-bond donors (Lipinski definition) is 1. The van der Waals surface area contributed by atoms with E-state index in [1.165, 1.54) is 0 Å². The van der Waals surface area contributed by atoms with E-state index in [2.05, 4.69) is 12.4 Å². The predicted molar refractivity (Wildman–Crippen MR) is 16.1 cm³/mol. The quantitative estimate of drug-likeness (QED) is 0.368. The van der Waals surface area contributed by atoms with Gasteiger partial charge in [-0.05, 0) is 0 Å². The van der Waals surface area contributed by atoms with Gasteiger partial charge in [-0.1, -0.05) is 0 Å². The van der Waals surface area contributed by atoms with E-state index in [0.29, 0.717) is 0 Å². The van der Waals surface area contributed by atoms with Crippen LogP contribution in [0.3, 0.4) is 0 Å². The molecule has 0 amide bonds. The van der Waals surface area contributed by atoms with Gasteiger partial charge in [-0.15, -0.1) is 0 Å². The van der Waals surface area contributed by atoms with Gasteiger partial charge < -0.3 is 17.6 Å². The number of hydroxylamine groups is 1. The molecule has 6 heavy (non-hydrogen) atoms. The molecule has 1 N–H and O–H groups in total. The van der Waals surface area contributed by atoms with Crippen molar-refractivity contribution in [2.24, 2.45) is 0 Å². The van der Waals surface area contributed by atoms with Gasteiger partial charge in [-0.25, -0.2) is 0 Å². The van der Waals surface area contributed by atoms with Gasteiger partial charge in [0.25, 0.3) is 0 Å². The summed E-state index contributed by atoms with van der Waals surface area (Å²) in [5, 5.41) is 7.44. The molecule has 0 aromatic heterocycles. The van der Waals surface area contributed by atoms with E-state index in [4.69, 9.17) is 7.89 Å². The van der Waals surface area contributed by atoms with Crippen molar-refractivity contribution in [3.8, 4) is 0 Å². The molecule has 0 radical (unpaired) electrons. The normalized spacial score (nSPS) is 6.00. The molecule has 0 spiro atoms. The summed E-state index contributed by atoms with van der Waals surface area (Å²) < 4.78 is 8.42. The third-order valence-corrected chi connectivity index (χ3v) is 0.1000. The molecule has 0 bridgehead atoms. The molecular formula is C2H5CdNO2-2. The van der Waals surface area contributed by atoms with Crippen LogP contribution < -0.4 is 0 Å². The minimum atomic E-state index is -0.1000. The van der Waals surface area contributed by atoms with Crippen LogP contribution in [0.1, 0.15) is 0 Å². The SMILES string of the molecule is [CH2-]C[N-]O.[O]=[Cd]. The molecule has 4 heteroatoms. The van der Waals surface area contributed by atoms with Crippen LogP contribution >= 0.6 is 0 Å². The Bertz CT molecular complexity index is 19.0. The molecule has 0 aliphatic carbocycles. The Hall–Kier alpha value is 0.642. The van der Waals surface area contributed by atoms with E-state index in [-0.39, 0.29) is 32.3 Å². The maximum atomic E-state index is 8.42. The summed E-state index contributed by atoms with van der Waals surface area (Å²) in [5.41, 5.74) is 2.62. The first-order valence-electron chi connectivity index (χ1n) is 1.30. The van der Waals surface area contributed by atoms with Gasteiger partial charge in [0.2, 0.25) is 0 Å². The van der Waals surface area contributed by atoms with E-state index in [1.54, 1.807) is 0 Å².